The van der Waals surface area contributed by atoms with Crippen LogP contribution < -0.4 is 5.32 Å². The van der Waals surface area contributed by atoms with E-state index in [2.05, 4.69) is 10.2 Å². The zero-order valence-corrected chi connectivity index (χ0v) is 12.7. The number of benzene rings is 1. The van der Waals surface area contributed by atoms with Crippen molar-refractivity contribution in [3.05, 3.63) is 29.3 Å². The minimum absolute atomic E-state index is 0.127. The number of nitrogens with zero attached hydrogens (tertiary/aromatic N) is 1. The van der Waals surface area contributed by atoms with Gasteiger partial charge in [-0.2, -0.15) is 0 Å². The first-order chi connectivity index (χ1) is 10.6. The highest BCUT2D eigenvalue weighted by Gasteiger charge is 2.25. The van der Waals surface area contributed by atoms with Gasteiger partial charge >= 0.3 is 5.97 Å². The van der Waals surface area contributed by atoms with Gasteiger partial charge in [-0.05, 0) is 62.5 Å². The first-order valence-electron chi connectivity index (χ1n) is 7.98. The van der Waals surface area contributed by atoms with Crippen LogP contribution >= 0.6 is 0 Å². The summed E-state index contributed by atoms with van der Waals surface area (Å²) in [6.07, 6.45) is 3.40. The number of ketones is 1. The molecule has 1 fully saturated rings. The molecular weight excluding hydrogens is 280 g/mol. The lowest BCUT2D eigenvalue weighted by Gasteiger charge is -2.29. The van der Waals surface area contributed by atoms with Crippen LogP contribution in [0.3, 0.4) is 0 Å². The van der Waals surface area contributed by atoms with E-state index in [9.17, 15) is 9.59 Å². The van der Waals surface area contributed by atoms with Crippen molar-refractivity contribution in [3.8, 4) is 0 Å². The van der Waals surface area contributed by atoms with E-state index in [1.54, 1.807) is 0 Å². The molecule has 0 bridgehead atoms. The van der Waals surface area contributed by atoms with E-state index >= 15 is 0 Å². The molecule has 1 aromatic rings. The fourth-order valence-corrected chi connectivity index (χ4v) is 3.28. The quantitative estimate of drug-likeness (QED) is 0.833. The van der Waals surface area contributed by atoms with Crippen molar-refractivity contribution in [3.63, 3.8) is 0 Å². The largest absolute Gasteiger partial charge is 0.481 e. The molecule has 22 heavy (non-hydrogen) atoms. The highest BCUT2D eigenvalue weighted by Crippen LogP contribution is 2.23. The van der Waals surface area contributed by atoms with Crippen molar-refractivity contribution in [2.24, 2.45) is 5.92 Å². The van der Waals surface area contributed by atoms with Gasteiger partial charge in [-0.25, -0.2) is 0 Å². The average molecular weight is 302 g/mol. The molecule has 0 spiro atoms. The van der Waals surface area contributed by atoms with Crippen molar-refractivity contribution in [1.29, 1.82) is 0 Å². The van der Waals surface area contributed by atoms with Gasteiger partial charge in [-0.1, -0.05) is 0 Å². The van der Waals surface area contributed by atoms with Gasteiger partial charge in [0.1, 0.15) is 0 Å². The average Bonchev–Trinajstić information content (AvgIpc) is 2.55. The van der Waals surface area contributed by atoms with Gasteiger partial charge in [0.2, 0.25) is 0 Å². The Labute approximate surface area is 130 Å². The van der Waals surface area contributed by atoms with E-state index in [0.29, 0.717) is 32.5 Å². The number of anilines is 1. The molecule has 0 atom stereocenters. The minimum Gasteiger partial charge on any atom is -0.481 e. The van der Waals surface area contributed by atoms with Crippen LogP contribution in [0.25, 0.3) is 0 Å². The Kier molecular flexibility index (Phi) is 4.43. The highest BCUT2D eigenvalue weighted by molar-refractivity contribution is 5.98. The molecule has 0 saturated carbocycles. The summed E-state index contributed by atoms with van der Waals surface area (Å²) in [5.74, 6) is -0.837. The number of piperidine rings is 1. The maximum Gasteiger partial charge on any atom is 0.306 e. The number of carbonyl (C=O) groups excluding carboxylic acids is 1. The van der Waals surface area contributed by atoms with Crippen molar-refractivity contribution in [2.75, 3.05) is 31.5 Å². The van der Waals surface area contributed by atoms with Crippen LogP contribution in [0.2, 0.25) is 0 Å². The number of carboxylic acid groups (broad SMARTS) is 1. The molecule has 0 aromatic heterocycles. The Morgan fingerprint density at radius 3 is 2.77 bits per heavy atom. The lowest BCUT2D eigenvalue weighted by Crippen LogP contribution is -2.39. The SMILES string of the molecule is O=C(CN1CCC(C(=O)O)CC1)c1ccc2c(c1)CCCN2. The molecule has 1 saturated heterocycles. The number of likely N-dealkylation sites (tertiary alicyclic amines) is 1. The summed E-state index contributed by atoms with van der Waals surface area (Å²) in [5.41, 5.74) is 3.13. The lowest BCUT2D eigenvalue weighted by molar-refractivity contribution is -0.143. The van der Waals surface area contributed by atoms with Crippen molar-refractivity contribution >= 4 is 17.4 Å². The monoisotopic (exact) mass is 302 g/mol. The number of aliphatic carboxylic acids is 1. The lowest BCUT2D eigenvalue weighted by atomic mass is 9.96. The maximum atomic E-state index is 12.4. The van der Waals surface area contributed by atoms with Gasteiger partial charge in [-0.15, -0.1) is 0 Å². The third-order valence-corrected chi connectivity index (χ3v) is 4.67. The summed E-state index contributed by atoms with van der Waals surface area (Å²) < 4.78 is 0. The zero-order valence-electron chi connectivity index (χ0n) is 12.7. The van der Waals surface area contributed by atoms with E-state index in [-0.39, 0.29) is 11.7 Å². The van der Waals surface area contributed by atoms with Gasteiger partial charge in [0, 0.05) is 17.8 Å². The molecule has 2 aliphatic heterocycles. The second-order valence-corrected chi connectivity index (χ2v) is 6.21. The normalized spacial score (nSPS) is 19.3. The Balaban J connectivity index is 1.59. The molecule has 3 rings (SSSR count). The molecule has 0 amide bonds. The third-order valence-electron chi connectivity index (χ3n) is 4.67. The second-order valence-electron chi connectivity index (χ2n) is 6.21. The van der Waals surface area contributed by atoms with Gasteiger partial charge in [0.25, 0.3) is 0 Å². The standard InChI is InChI=1S/C17H22N2O3/c20-16(11-19-8-5-12(6-9-19)17(21)22)14-3-4-15-13(10-14)2-1-7-18-15/h3-4,10,12,18H,1-2,5-9,11H2,(H,21,22). The first kappa shape index (κ1) is 15.0. The molecule has 2 aliphatic rings. The molecule has 5 nitrogen and oxygen atoms in total. The van der Waals surface area contributed by atoms with Gasteiger partial charge < -0.3 is 10.4 Å². The third kappa shape index (κ3) is 3.30. The number of aryl methyl sites for hydroxylation is 1. The van der Waals surface area contributed by atoms with Crippen LogP contribution in [0.15, 0.2) is 18.2 Å². The molecular formula is C17H22N2O3. The molecule has 0 unspecified atom stereocenters. The Bertz CT molecular complexity index is 577. The molecule has 0 aliphatic carbocycles. The number of Topliss-reactive ketones (excluding diaryl/α,β-unsaturated/α-hetero) is 1. The second kappa shape index (κ2) is 6.48. The number of rotatable bonds is 4. The molecule has 1 aromatic carbocycles. The van der Waals surface area contributed by atoms with E-state index in [1.165, 1.54) is 5.56 Å². The molecule has 2 heterocycles. The van der Waals surface area contributed by atoms with Crippen LogP contribution in [0.5, 0.6) is 0 Å². The number of carboxylic acids is 1. The van der Waals surface area contributed by atoms with Crippen molar-refractivity contribution < 1.29 is 14.7 Å². The van der Waals surface area contributed by atoms with E-state index in [4.69, 9.17) is 5.11 Å². The smallest absolute Gasteiger partial charge is 0.306 e. The number of carbonyl (C=O) groups is 2. The highest BCUT2D eigenvalue weighted by atomic mass is 16.4. The Morgan fingerprint density at radius 1 is 1.27 bits per heavy atom. The summed E-state index contributed by atoms with van der Waals surface area (Å²) in [6, 6.07) is 5.90. The van der Waals surface area contributed by atoms with E-state index < -0.39 is 5.97 Å². The molecule has 2 N–H and O–H groups in total. The summed E-state index contributed by atoms with van der Waals surface area (Å²) in [4.78, 5) is 25.5. The summed E-state index contributed by atoms with van der Waals surface area (Å²) >= 11 is 0. The Hall–Kier alpha value is -1.88. The van der Waals surface area contributed by atoms with Gasteiger partial charge in [0.15, 0.2) is 5.78 Å². The predicted octanol–water partition coefficient (Wildman–Crippen LogP) is 2.02. The predicted molar refractivity (Wildman–Crippen MR) is 84.4 cm³/mol. The molecule has 5 heteroatoms. The summed E-state index contributed by atoms with van der Waals surface area (Å²) in [6.45, 7) is 2.77. The van der Waals surface area contributed by atoms with Crippen LogP contribution in [0, 0.1) is 5.92 Å². The number of fused-ring (bicyclic) bond motifs is 1. The fourth-order valence-electron chi connectivity index (χ4n) is 3.28. The topological polar surface area (TPSA) is 69.6 Å². The van der Waals surface area contributed by atoms with E-state index in [0.717, 1.165) is 30.6 Å². The number of nitrogens with one attached hydrogen (secondary N) is 1. The van der Waals surface area contributed by atoms with Crippen LogP contribution in [0.4, 0.5) is 5.69 Å². The van der Waals surface area contributed by atoms with Gasteiger partial charge in [0.05, 0.1) is 12.5 Å². The first-order valence-corrected chi connectivity index (χ1v) is 7.98. The van der Waals surface area contributed by atoms with Crippen molar-refractivity contribution in [2.45, 2.75) is 25.7 Å². The van der Waals surface area contributed by atoms with Gasteiger partial charge in [-0.3, -0.25) is 14.5 Å². The van der Waals surface area contributed by atoms with Crippen LogP contribution in [-0.4, -0.2) is 47.9 Å². The number of hydrogen-bond donors (Lipinski definition) is 2. The number of hydrogen-bond acceptors (Lipinski definition) is 4. The van der Waals surface area contributed by atoms with Crippen LogP contribution in [0.1, 0.15) is 35.2 Å². The van der Waals surface area contributed by atoms with E-state index in [1.807, 2.05) is 18.2 Å². The van der Waals surface area contributed by atoms with Crippen LogP contribution in [-0.2, 0) is 11.2 Å². The molecule has 118 valence electrons. The fraction of sp³-hybridized carbons (Fsp3) is 0.529. The summed E-state index contributed by atoms with van der Waals surface area (Å²) in [5, 5.41) is 12.4. The van der Waals surface area contributed by atoms with Crippen molar-refractivity contribution in [1.82, 2.24) is 4.90 Å². The Morgan fingerprint density at radius 2 is 2.05 bits per heavy atom. The maximum absolute atomic E-state index is 12.4. The minimum atomic E-state index is -0.715. The summed E-state index contributed by atoms with van der Waals surface area (Å²) in [7, 11) is 0. The molecule has 0 radical (unpaired) electrons. The zero-order chi connectivity index (χ0) is 15.5.